The number of carboxylic acids is 1. The molecule has 3 fully saturated rings. The number of rotatable bonds is 7. The first-order valence-electron chi connectivity index (χ1n) is 21.4. The zero-order valence-corrected chi connectivity index (χ0v) is 34.9. The SMILES string of the molecule is C/C(=C\[C@@H](C)CCCCC(=O)O)[C@H]1O[C@@H]2C=C[C@@H]1OC(=O)C=C/C=C/C=C[C@H]1O[C@H]3C[C@H]1O[C@@H](C=CC[C@H]1O[C@@H](CC(=NO)[C@H]1C)[C@H](O)[C@@H](O)C=CCC/C=C/C2)[C@H]3C. The number of aliphatic hydroxyl groups excluding tert-OH is 2. The molecule has 4 N–H and O–H groups in total. The molecule has 0 aliphatic carbocycles. The second-order valence-electron chi connectivity index (χ2n) is 16.6. The van der Waals surface area contributed by atoms with Gasteiger partial charge in [0.25, 0.3) is 0 Å². The molecule has 0 saturated carbocycles. The largest absolute Gasteiger partial charge is 0.481 e. The van der Waals surface area contributed by atoms with Gasteiger partial charge in [0.2, 0.25) is 0 Å². The molecule has 6 aliphatic rings. The lowest BCUT2D eigenvalue weighted by Gasteiger charge is -2.38. The number of fused-ring (bicyclic) bond motifs is 13. The Morgan fingerprint density at radius 3 is 2.41 bits per heavy atom. The van der Waals surface area contributed by atoms with Gasteiger partial charge in [-0.05, 0) is 63.0 Å². The van der Waals surface area contributed by atoms with Crippen LogP contribution in [0.3, 0.4) is 0 Å². The molecule has 7 bridgehead atoms. The van der Waals surface area contributed by atoms with Crippen LogP contribution >= 0.6 is 0 Å². The predicted octanol–water partition coefficient (Wildman–Crippen LogP) is 7.27. The lowest BCUT2D eigenvalue weighted by Crippen LogP contribution is -2.48. The minimum atomic E-state index is -1.21. The highest BCUT2D eigenvalue weighted by atomic mass is 16.6. The Morgan fingerprint density at radius 1 is 0.831 bits per heavy atom. The fraction of sp³-hybridized carbons (Fsp3) is 0.596. The van der Waals surface area contributed by atoms with Gasteiger partial charge in [-0.15, -0.1) is 0 Å². The summed E-state index contributed by atoms with van der Waals surface area (Å²) in [6.07, 6.45) is 28.6. The Bertz CT molecular complexity index is 1660. The van der Waals surface area contributed by atoms with Gasteiger partial charge < -0.3 is 44.2 Å². The summed E-state index contributed by atoms with van der Waals surface area (Å²) in [6.45, 7) is 8.13. The molecule has 12 heteroatoms. The normalized spacial score (nSPS) is 38.5. The predicted molar refractivity (Wildman–Crippen MR) is 225 cm³/mol. The molecule has 14 atom stereocenters. The molecule has 3 saturated heterocycles. The first-order valence-corrected chi connectivity index (χ1v) is 21.4. The number of allylic oxidation sites excluding steroid dienone is 7. The Balaban J connectivity index is 1.30. The van der Waals surface area contributed by atoms with E-state index in [4.69, 9.17) is 28.8 Å². The van der Waals surface area contributed by atoms with E-state index in [1.807, 2.05) is 74.6 Å². The van der Waals surface area contributed by atoms with Crippen LogP contribution in [-0.2, 0) is 33.3 Å². The summed E-state index contributed by atoms with van der Waals surface area (Å²) in [7, 11) is 0. The van der Waals surface area contributed by atoms with E-state index in [0.717, 1.165) is 24.8 Å². The van der Waals surface area contributed by atoms with Gasteiger partial charge in [-0.3, -0.25) is 4.79 Å². The standard InChI is InChI=1S/C47H65NO11/c1-30(17-14-15-23-44(50)51)27-31(2)47-40-26-25-34(55-47)18-10-6-5-7-11-19-36(49)46(53)43-28-35(48-54)32(3)37(57-43)21-16-22-38-33(4)41-29-42(56-38)39(58-41)20-12-8-9-13-24-45(52)59-40/h6,8-13,16,19-20,22,24-27,30,32-34,36-43,46-47,49,53-54H,5,7,14-15,17-18,21,23,28-29H2,1-4H3,(H,50,51)/b9-8+,10-6+,19-11?,20-12?,22-16?,24-13?,31-27+,48-35?/t30-,32+,33+,34-,36-,37+,38-,39+,40-,41-,42+,43-,46+,47+/m0/s1. The number of hydrogen-bond donors (Lipinski definition) is 4. The van der Waals surface area contributed by atoms with Crippen molar-refractivity contribution in [2.24, 2.45) is 22.9 Å². The van der Waals surface area contributed by atoms with E-state index < -0.39 is 42.5 Å². The lowest BCUT2D eigenvalue weighted by molar-refractivity contribution is -0.148. The summed E-state index contributed by atoms with van der Waals surface area (Å²) in [6, 6.07) is 0. The highest BCUT2D eigenvalue weighted by molar-refractivity contribution is 5.87. The van der Waals surface area contributed by atoms with Crippen LogP contribution in [0.25, 0.3) is 0 Å². The molecule has 12 nitrogen and oxygen atoms in total. The van der Waals surface area contributed by atoms with Crippen LogP contribution in [0.5, 0.6) is 0 Å². The van der Waals surface area contributed by atoms with Crippen LogP contribution in [0.1, 0.15) is 91.9 Å². The number of nitrogens with zero attached hydrogens (tertiary/aromatic N) is 1. The quantitative estimate of drug-likeness (QED) is 0.0669. The molecule has 6 heterocycles. The number of carbonyl (C=O) groups is 2. The van der Waals surface area contributed by atoms with Crippen molar-refractivity contribution >= 4 is 17.7 Å². The van der Waals surface area contributed by atoms with Crippen LogP contribution in [0, 0.1) is 17.8 Å². The number of unbranched alkanes of at least 4 members (excludes halogenated alkanes) is 1. The van der Waals surface area contributed by atoms with Gasteiger partial charge >= 0.3 is 11.9 Å². The molecule has 0 aromatic heterocycles. The third-order valence-electron chi connectivity index (χ3n) is 11.9. The van der Waals surface area contributed by atoms with Crippen molar-refractivity contribution in [1.29, 1.82) is 0 Å². The number of esters is 1. The Kier molecular flexibility index (Phi) is 18.1. The van der Waals surface area contributed by atoms with E-state index in [2.05, 4.69) is 25.1 Å². The number of oxime groups is 1. The van der Waals surface area contributed by atoms with Gasteiger partial charge in [0.1, 0.15) is 24.4 Å². The molecule has 0 radical (unpaired) electrons. The van der Waals surface area contributed by atoms with Gasteiger partial charge in [0.05, 0.1) is 42.3 Å². The van der Waals surface area contributed by atoms with E-state index >= 15 is 0 Å². The van der Waals surface area contributed by atoms with E-state index in [-0.39, 0.29) is 67.2 Å². The van der Waals surface area contributed by atoms with Gasteiger partial charge in [-0.25, -0.2) is 4.79 Å². The molecule has 6 rings (SSSR count). The maximum atomic E-state index is 13.0. The van der Waals surface area contributed by atoms with Gasteiger partial charge in [-0.1, -0.05) is 111 Å². The first-order chi connectivity index (χ1) is 28.4. The molecule has 0 aromatic carbocycles. The molecule has 59 heavy (non-hydrogen) atoms. The summed E-state index contributed by atoms with van der Waals surface area (Å²) in [5.41, 5.74) is 1.47. The summed E-state index contributed by atoms with van der Waals surface area (Å²) in [4.78, 5) is 23.9. The monoisotopic (exact) mass is 819 g/mol. The van der Waals surface area contributed by atoms with Crippen LogP contribution in [0.2, 0.25) is 0 Å². The van der Waals surface area contributed by atoms with Crippen molar-refractivity contribution in [2.75, 3.05) is 0 Å². The Hall–Kier alpha value is -3.91. The minimum absolute atomic E-state index is 0.0382. The van der Waals surface area contributed by atoms with Crippen molar-refractivity contribution in [3.63, 3.8) is 0 Å². The zero-order chi connectivity index (χ0) is 42.3. The van der Waals surface area contributed by atoms with Crippen molar-refractivity contribution in [3.05, 3.63) is 96.7 Å². The molecule has 324 valence electrons. The average Bonchev–Trinajstić information content (AvgIpc) is 3.56. The third kappa shape index (κ3) is 13.8. The smallest absolute Gasteiger partial charge is 0.331 e. The number of carboxylic acid groups (broad SMARTS) is 1. The second kappa shape index (κ2) is 23.2. The van der Waals surface area contributed by atoms with Crippen molar-refractivity contribution in [3.8, 4) is 0 Å². The van der Waals surface area contributed by atoms with Crippen LogP contribution in [-0.4, -0.2) is 105 Å². The number of aliphatic carboxylic acids is 1. The molecule has 0 amide bonds. The van der Waals surface area contributed by atoms with Crippen LogP contribution in [0.15, 0.2) is 102 Å². The summed E-state index contributed by atoms with van der Waals surface area (Å²) in [5, 5.41) is 44.3. The number of hydrogen-bond acceptors (Lipinski definition) is 11. The molecule has 6 aliphatic heterocycles. The van der Waals surface area contributed by atoms with Crippen LogP contribution < -0.4 is 0 Å². The lowest BCUT2D eigenvalue weighted by atomic mass is 9.86. The summed E-state index contributed by atoms with van der Waals surface area (Å²) >= 11 is 0. The molecular weight excluding hydrogens is 755 g/mol. The second-order valence-corrected chi connectivity index (χ2v) is 16.6. The highest BCUT2D eigenvalue weighted by Gasteiger charge is 2.45. The summed E-state index contributed by atoms with van der Waals surface area (Å²) < 4.78 is 31.6. The van der Waals surface area contributed by atoms with Gasteiger partial charge in [-0.2, -0.15) is 0 Å². The number of carbonyl (C=O) groups excluding carboxylic acids is 1. The van der Waals surface area contributed by atoms with Gasteiger partial charge in [0, 0.05) is 37.2 Å². The molecule has 0 spiro atoms. The fourth-order valence-electron chi connectivity index (χ4n) is 8.38. The fourth-order valence-corrected chi connectivity index (χ4v) is 8.38. The maximum Gasteiger partial charge on any atom is 0.331 e. The Labute approximate surface area is 349 Å². The number of ether oxygens (including phenoxy) is 5. The van der Waals surface area contributed by atoms with Crippen molar-refractivity contribution < 1.29 is 53.8 Å². The molecule has 0 unspecified atom stereocenters. The zero-order valence-electron chi connectivity index (χ0n) is 34.9. The van der Waals surface area contributed by atoms with Crippen molar-refractivity contribution in [1.82, 2.24) is 0 Å². The Morgan fingerprint density at radius 2 is 1.61 bits per heavy atom. The van der Waals surface area contributed by atoms with Crippen LogP contribution in [0.4, 0.5) is 0 Å². The van der Waals surface area contributed by atoms with E-state index in [9.17, 15) is 25.0 Å². The first kappa shape index (κ1) is 46.2. The summed E-state index contributed by atoms with van der Waals surface area (Å²) in [5.74, 6) is -1.15. The van der Waals surface area contributed by atoms with E-state index in [1.165, 1.54) is 6.08 Å². The van der Waals surface area contributed by atoms with E-state index in [1.54, 1.807) is 18.2 Å². The maximum absolute atomic E-state index is 13.0. The van der Waals surface area contributed by atoms with E-state index in [0.29, 0.717) is 37.8 Å². The number of aliphatic hydroxyl groups is 2. The van der Waals surface area contributed by atoms with Crippen molar-refractivity contribution in [2.45, 2.75) is 159 Å². The highest BCUT2D eigenvalue weighted by Crippen LogP contribution is 2.38. The average molecular weight is 820 g/mol. The third-order valence-corrected chi connectivity index (χ3v) is 11.9. The topological polar surface area (TPSA) is 174 Å². The minimum Gasteiger partial charge on any atom is -0.481 e. The molecular formula is C47H65NO11. The van der Waals surface area contributed by atoms with Gasteiger partial charge in [0.15, 0.2) is 6.10 Å². The molecule has 0 aromatic rings.